The molecule has 2 aromatic rings. The van der Waals surface area contributed by atoms with Crippen molar-refractivity contribution in [3.8, 4) is 5.75 Å². The highest BCUT2D eigenvalue weighted by Crippen LogP contribution is 2.32. The zero-order valence-corrected chi connectivity index (χ0v) is 13.9. The van der Waals surface area contributed by atoms with Crippen LogP contribution in [-0.2, 0) is 4.79 Å². The lowest BCUT2D eigenvalue weighted by molar-refractivity contribution is -0.122. The number of thioether (sulfide) groups is 1. The van der Waals surface area contributed by atoms with Gasteiger partial charge in [-0.25, -0.2) is 0 Å². The van der Waals surface area contributed by atoms with Crippen molar-refractivity contribution in [2.45, 2.75) is 0 Å². The molecule has 0 saturated carbocycles. The summed E-state index contributed by atoms with van der Waals surface area (Å²) < 4.78 is 5.10. The van der Waals surface area contributed by atoms with Crippen LogP contribution in [0, 0.1) is 0 Å². The van der Waals surface area contributed by atoms with Gasteiger partial charge in [-0.3, -0.25) is 14.5 Å². The molecule has 2 amide bonds. The molecule has 1 fully saturated rings. The lowest BCUT2D eigenvalue weighted by Gasteiger charge is -2.14. The van der Waals surface area contributed by atoms with E-state index in [0.29, 0.717) is 4.91 Å². The fourth-order valence-electron chi connectivity index (χ4n) is 2.21. The number of para-hydroxylation sites is 1. The first-order valence-electron chi connectivity index (χ1n) is 7.36. The monoisotopic (exact) mass is 340 g/mol. The Hall–Kier alpha value is -2.73. The quantitative estimate of drug-likeness (QED) is 0.839. The lowest BCUT2D eigenvalue weighted by atomic mass is 10.2. The second kappa shape index (κ2) is 7.23. The number of imide groups is 1. The smallest absolute Gasteiger partial charge is 0.295 e. The van der Waals surface area contributed by atoms with Crippen LogP contribution in [0.3, 0.4) is 0 Å². The number of nitrogens with one attached hydrogen (secondary N) is 1. The average Bonchev–Trinajstić information content (AvgIpc) is 2.88. The summed E-state index contributed by atoms with van der Waals surface area (Å²) in [4.78, 5) is 26.1. The number of rotatable bonds is 5. The minimum atomic E-state index is -0.288. The van der Waals surface area contributed by atoms with E-state index in [2.05, 4.69) is 5.32 Å². The molecule has 2 aromatic carbocycles. The zero-order chi connectivity index (χ0) is 16.9. The normalized spacial score (nSPS) is 15.9. The number of carbonyl (C=O) groups excluding carboxylic acids is 2. The molecule has 0 radical (unpaired) electrons. The summed E-state index contributed by atoms with van der Waals surface area (Å²) in [5.41, 5.74) is 1.70. The molecule has 1 aliphatic heterocycles. The standard InChI is InChI=1S/C18H16N2O3S/c1-23-15-9-7-13(8-10-15)11-16-17(21)20(18(22)24-16)12-19-14-5-3-2-4-6-14/h2-11,19H,12H2,1H3/b16-11-. The Labute approximate surface area is 144 Å². The Morgan fingerprint density at radius 3 is 2.46 bits per heavy atom. The van der Waals surface area contributed by atoms with Crippen molar-refractivity contribution in [2.24, 2.45) is 0 Å². The summed E-state index contributed by atoms with van der Waals surface area (Å²) in [6, 6.07) is 16.8. The molecule has 0 unspecified atom stereocenters. The maximum absolute atomic E-state index is 12.4. The van der Waals surface area contributed by atoms with Crippen LogP contribution in [0.1, 0.15) is 5.56 Å². The van der Waals surface area contributed by atoms with Gasteiger partial charge in [-0.15, -0.1) is 0 Å². The van der Waals surface area contributed by atoms with Crippen LogP contribution < -0.4 is 10.1 Å². The second-order valence-electron chi connectivity index (χ2n) is 5.08. The van der Waals surface area contributed by atoms with Gasteiger partial charge < -0.3 is 10.1 Å². The third-order valence-corrected chi connectivity index (χ3v) is 4.41. The van der Waals surface area contributed by atoms with Crippen molar-refractivity contribution in [3.05, 3.63) is 65.1 Å². The molecule has 0 aromatic heterocycles. The molecule has 1 N–H and O–H groups in total. The van der Waals surface area contributed by atoms with Crippen molar-refractivity contribution < 1.29 is 14.3 Å². The Kier molecular flexibility index (Phi) is 4.86. The highest BCUT2D eigenvalue weighted by molar-refractivity contribution is 8.18. The third kappa shape index (κ3) is 3.60. The highest BCUT2D eigenvalue weighted by Gasteiger charge is 2.34. The SMILES string of the molecule is COc1ccc(/C=C2\SC(=O)N(CNc3ccccc3)C2=O)cc1. The van der Waals surface area contributed by atoms with Crippen molar-refractivity contribution in [1.29, 1.82) is 0 Å². The summed E-state index contributed by atoms with van der Waals surface area (Å²) in [5, 5.41) is 2.80. The maximum atomic E-state index is 12.4. The van der Waals surface area contributed by atoms with Crippen LogP contribution in [0.25, 0.3) is 6.08 Å². The Morgan fingerprint density at radius 2 is 1.79 bits per heavy atom. The summed E-state index contributed by atoms with van der Waals surface area (Å²) in [6.45, 7) is 0.147. The molecule has 122 valence electrons. The minimum Gasteiger partial charge on any atom is -0.497 e. The van der Waals surface area contributed by atoms with Crippen LogP contribution in [0.15, 0.2) is 59.5 Å². The lowest BCUT2D eigenvalue weighted by Crippen LogP contribution is -2.33. The Balaban J connectivity index is 1.69. The van der Waals surface area contributed by atoms with E-state index >= 15 is 0 Å². The van der Waals surface area contributed by atoms with Gasteiger partial charge in [0.05, 0.1) is 18.7 Å². The van der Waals surface area contributed by atoms with Crippen molar-refractivity contribution in [3.63, 3.8) is 0 Å². The van der Waals surface area contributed by atoms with E-state index in [9.17, 15) is 9.59 Å². The fourth-order valence-corrected chi connectivity index (χ4v) is 3.05. The summed E-state index contributed by atoms with van der Waals surface area (Å²) in [6.07, 6.45) is 1.72. The van der Waals surface area contributed by atoms with Gasteiger partial charge in [0.2, 0.25) is 0 Å². The second-order valence-corrected chi connectivity index (χ2v) is 6.08. The van der Waals surface area contributed by atoms with E-state index in [1.165, 1.54) is 4.90 Å². The van der Waals surface area contributed by atoms with Crippen molar-refractivity contribution in [2.75, 3.05) is 19.1 Å². The van der Waals surface area contributed by atoms with E-state index < -0.39 is 0 Å². The van der Waals surface area contributed by atoms with Crippen LogP contribution in [0.2, 0.25) is 0 Å². The summed E-state index contributed by atoms with van der Waals surface area (Å²) >= 11 is 0.949. The number of amides is 2. The molecule has 0 atom stereocenters. The van der Waals surface area contributed by atoms with E-state index in [4.69, 9.17) is 4.74 Å². The third-order valence-electron chi connectivity index (χ3n) is 3.50. The summed E-state index contributed by atoms with van der Waals surface area (Å²) in [5.74, 6) is 0.455. The number of hydrogen-bond acceptors (Lipinski definition) is 5. The minimum absolute atomic E-state index is 0.147. The first-order chi connectivity index (χ1) is 11.7. The van der Waals surface area contributed by atoms with Crippen molar-refractivity contribution in [1.82, 2.24) is 4.90 Å². The number of benzene rings is 2. The zero-order valence-electron chi connectivity index (χ0n) is 13.1. The maximum Gasteiger partial charge on any atom is 0.295 e. The van der Waals surface area contributed by atoms with E-state index in [1.807, 2.05) is 54.6 Å². The predicted molar refractivity (Wildman–Crippen MR) is 95.7 cm³/mol. The number of nitrogens with zero attached hydrogens (tertiary/aromatic N) is 1. The molecule has 5 nitrogen and oxygen atoms in total. The molecule has 1 heterocycles. The van der Waals surface area contributed by atoms with Gasteiger partial charge in [0, 0.05) is 5.69 Å². The Morgan fingerprint density at radius 1 is 1.08 bits per heavy atom. The number of hydrogen-bond donors (Lipinski definition) is 1. The van der Waals surface area contributed by atoms with Gasteiger partial charge in [0.15, 0.2) is 0 Å². The summed E-state index contributed by atoms with van der Waals surface area (Å²) in [7, 11) is 1.60. The van der Waals surface area contributed by atoms with Crippen molar-refractivity contribution >= 4 is 34.7 Å². The first-order valence-corrected chi connectivity index (χ1v) is 8.17. The van der Waals surface area contributed by atoms with Gasteiger partial charge in [-0.1, -0.05) is 30.3 Å². The Bertz CT molecular complexity index is 773. The number of carbonyl (C=O) groups is 2. The van der Waals surface area contributed by atoms with E-state index in [1.54, 1.807) is 13.2 Å². The molecule has 6 heteroatoms. The highest BCUT2D eigenvalue weighted by atomic mass is 32.2. The predicted octanol–water partition coefficient (Wildman–Crippen LogP) is 3.80. The van der Waals surface area contributed by atoms with Gasteiger partial charge in [-0.2, -0.15) is 0 Å². The molecule has 0 spiro atoms. The van der Waals surface area contributed by atoms with Gasteiger partial charge in [-0.05, 0) is 47.7 Å². The van der Waals surface area contributed by atoms with Crippen LogP contribution >= 0.6 is 11.8 Å². The number of methoxy groups -OCH3 is 1. The average molecular weight is 340 g/mol. The van der Waals surface area contributed by atoms with Crippen LogP contribution in [0.5, 0.6) is 5.75 Å². The largest absolute Gasteiger partial charge is 0.497 e. The fraction of sp³-hybridized carbons (Fsp3) is 0.111. The molecular weight excluding hydrogens is 324 g/mol. The van der Waals surface area contributed by atoms with Gasteiger partial charge in [0.25, 0.3) is 11.1 Å². The van der Waals surface area contributed by atoms with Crippen LogP contribution in [0.4, 0.5) is 10.5 Å². The molecular formula is C18H16N2O3S. The van der Waals surface area contributed by atoms with Gasteiger partial charge in [0.1, 0.15) is 5.75 Å². The topological polar surface area (TPSA) is 58.6 Å². The molecule has 3 rings (SSSR count). The molecule has 0 aliphatic carbocycles. The van der Waals surface area contributed by atoms with E-state index in [0.717, 1.165) is 28.8 Å². The number of ether oxygens (including phenoxy) is 1. The van der Waals surface area contributed by atoms with Crippen LogP contribution in [-0.4, -0.2) is 29.8 Å². The molecule has 24 heavy (non-hydrogen) atoms. The van der Waals surface area contributed by atoms with E-state index in [-0.39, 0.29) is 17.8 Å². The molecule has 1 aliphatic rings. The molecule has 0 bridgehead atoms. The molecule has 1 saturated heterocycles. The first kappa shape index (κ1) is 16.1. The number of anilines is 1. The van der Waals surface area contributed by atoms with Gasteiger partial charge >= 0.3 is 0 Å².